The monoisotopic (exact) mass is 500 g/mol. The molecule has 1 fully saturated rings. The van der Waals surface area contributed by atoms with Gasteiger partial charge in [0.2, 0.25) is 0 Å². The summed E-state index contributed by atoms with van der Waals surface area (Å²) in [6.45, 7) is 10.3. The molecule has 1 aliphatic rings. The maximum atomic E-state index is 8.70. The van der Waals surface area contributed by atoms with Crippen molar-refractivity contribution in [2.75, 3.05) is 32.5 Å². The topological polar surface area (TPSA) is 125 Å². The van der Waals surface area contributed by atoms with Crippen molar-refractivity contribution in [1.82, 2.24) is 4.90 Å². The molecular weight excluding hydrogens is 460 g/mol. The number of nitrogens with two attached hydrogens (primary N) is 2. The van der Waals surface area contributed by atoms with Crippen LogP contribution in [0.15, 0.2) is 59.6 Å². The molecular formula is C30H40N6O. The number of likely N-dealkylation sites (tertiary alicyclic amines) is 1. The van der Waals surface area contributed by atoms with Crippen molar-refractivity contribution in [3.05, 3.63) is 71.3 Å². The van der Waals surface area contributed by atoms with E-state index in [0.29, 0.717) is 40.7 Å². The van der Waals surface area contributed by atoms with Crippen molar-refractivity contribution in [1.29, 1.82) is 10.8 Å². The number of amidine groups is 2. The van der Waals surface area contributed by atoms with E-state index in [2.05, 4.69) is 16.8 Å². The molecule has 1 aliphatic heterocycles. The largest absolute Gasteiger partial charge is 0.497 e. The van der Waals surface area contributed by atoms with E-state index in [1.165, 1.54) is 32.5 Å². The van der Waals surface area contributed by atoms with Crippen LogP contribution in [-0.2, 0) is 0 Å². The van der Waals surface area contributed by atoms with Crippen molar-refractivity contribution in [2.45, 2.75) is 40.0 Å². The number of fused-ring (bicyclic) bond motifs is 1. The van der Waals surface area contributed by atoms with Gasteiger partial charge in [-0.2, -0.15) is 0 Å². The Hall–Kier alpha value is -3.71. The van der Waals surface area contributed by atoms with Crippen molar-refractivity contribution >= 4 is 33.8 Å². The maximum Gasteiger partial charge on any atom is 0.153 e. The van der Waals surface area contributed by atoms with Gasteiger partial charge in [0, 0.05) is 28.8 Å². The number of hydrogen-bond donors (Lipinski definition) is 4. The SMILES string of the molecule is CCN1CCCC1.COc1ccc2cc(C(=N)c3cc(C(=N)N=C(N)CC(C)C)ccc3N)ccc2c1. The molecule has 0 aromatic heterocycles. The average Bonchev–Trinajstić information content (AvgIpc) is 3.42. The number of aliphatic imine (C=N–C) groups is 1. The lowest BCUT2D eigenvalue weighted by Gasteiger charge is -2.12. The van der Waals surface area contributed by atoms with Gasteiger partial charge >= 0.3 is 0 Å². The molecule has 196 valence electrons. The fourth-order valence-corrected chi connectivity index (χ4v) is 4.35. The van der Waals surface area contributed by atoms with E-state index in [-0.39, 0.29) is 5.84 Å². The van der Waals surface area contributed by atoms with Gasteiger partial charge in [-0.1, -0.05) is 39.0 Å². The van der Waals surface area contributed by atoms with Gasteiger partial charge in [-0.3, -0.25) is 10.8 Å². The van der Waals surface area contributed by atoms with Crippen LogP contribution < -0.4 is 16.2 Å². The van der Waals surface area contributed by atoms with E-state index in [1.807, 2.05) is 50.2 Å². The number of nitrogen functional groups attached to an aromatic ring is 1. The van der Waals surface area contributed by atoms with Crippen LogP contribution in [0, 0.1) is 16.7 Å². The summed E-state index contributed by atoms with van der Waals surface area (Å²) in [6, 6.07) is 16.8. The first kappa shape index (κ1) is 27.9. The molecule has 1 heterocycles. The second-order valence-corrected chi connectivity index (χ2v) is 9.80. The number of ether oxygens (including phenoxy) is 1. The third-order valence-electron chi connectivity index (χ3n) is 6.45. The molecule has 0 unspecified atom stereocenters. The predicted molar refractivity (Wildman–Crippen MR) is 157 cm³/mol. The molecule has 6 N–H and O–H groups in total. The van der Waals surface area contributed by atoms with Crippen LogP contribution in [-0.4, -0.2) is 49.0 Å². The molecule has 7 heteroatoms. The normalized spacial score (nSPS) is 13.9. The van der Waals surface area contributed by atoms with Crippen molar-refractivity contribution in [3.63, 3.8) is 0 Å². The van der Waals surface area contributed by atoms with Crippen LogP contribution in [0.4, 0.5) is 5.69 Å². The Bertz CT molecular complexity index is 1270. The number of anilines is 1. The summed E-state index contributed by atoms with van der Waals surface area (Å²) in [5.41, 5.74) is 14.7. The maximum absolute atomic E-state index is 8.70. The highest BCUT2D eigenvalue weighted by molar-refractivity contribution is 6.16. The number of nitrogens with zero attached hydrogens (tertiary/aromatic N) is 2. The Labute approximate surface area is 220 Å². The van der Waals surface area contributed by atoms with Crippen LogP contribution in [0.5, 0.6) is 5.75 Å². The minimum Gasteiger partial charge on any atom is -0.497 e. The van der Waals surface area contributed by atoms with Gasteiger partial charge in [-0.05, 0) is 85.6 Å². The lowest BCUT2D eigenvalue weighted by atomic mass is 9.96. The lowest BCUT2D eigenvalue weighted by molar-refractivity contribution is 0.359. The predicted octanol–water partition coefficient (Wildman–Crippen LogP) is 5.68. The van der Waals surface area contributed by atoms with Crippen LogP contribution in [0.2, 0.25) is 0 Å². The molecule has 0 aliphatic carbocycles. The Morgan fingerprint density at radius 1 is 0.973 bits per heavy atom. The summed E-state index contributed by atoms with van der Waals surface area (Å²) in [6.07, 6.45) is 3.48. The summed E-state index contributed by atoms with van der Waals surface area (Å²) < 4.78 is 5.27. The zero-order valence-electron chi connectivity index (χ0n) is 22.5. The zero-order chi connectivity index (χ0) is 26.9. The van der Waals surface area contributed by atoms with E-state index in [1.54, 1.807) is 25.3 Å². The third-order valence-corrected chi connectivity index (χ3v) is 6.45. The first-order valence-corrected chi connectivity index (χ1v) is 12.9. The first-order chi connectivity index (χ1) is 17.7. The second kappa shape index (κ2) is 13.0. The van der Waals surface area contributed by atoms with Crippen molar-refractivity contribution in [3.8, 4) is 5.75 Å². The van der Waals surface area contributed by atoms with Gasteiger partial charge in [0.1, 0.15) is 11.6 Å². The molecule has 1 saturated heterocycles. The van der Waals surface area contributed by atoms with Crippen molar-refractivity contribution < 1.29 is 4.74 Å². The van der Waals surface area contributed by atoms with Gasteiger partial charge in [0.05, 0.1) is 12.8 Å². The molecule has 7 nitrogen and oxygen atoms in total. The molecule has 3 aromatic rings. The molecule has 0 bridgehead atoms. The van der Waals surface area contributed by atoms with Gasteiger partial charge in [-0.15, -0.1) is 0 Å². The number of benzene rings is 3. The van der Waals surface area contributed by atoms with Crippen molar-refractivity contribution in [2.24, 2.45) is 16.6 Å². The van der Waals surface area contributed by atoms with Gasteiger partial charge < -0.3 is 21.1 Å². The Kier molecular flexibility index (Phi) is 9.80. The molecule has 0 atom stereocenters. The second-order valence-electron chi connectivity index (χ2n) is 9.80. The lowest BCUT2D eigenvalue weighted by Crippen LogP contribution is -2.17. The van der Waals surface area contributed by atoms with E-state index in [0.717, 1.165) is 22.1 Å². The highest BCUT2D eigenvalue weighted by atomic mass is 16.5. The molecule has 4 rings (SSSR count). The summed E-state index contributed by atoms with van der Waals surface area (Å²) >= 11 is 0. The van der Waals surface area contributed by atoms with Gasteiger partial charge in [-0.25, -0.2) is 4.99 Å². The molecule has 0 amide bonds. The minimum atomic E-state index is 0.0628. The summed E-state index contributed by atoms with van der Waals surface area (Å²) in [4.78, 5) is 6.69. The third kappa shape index (κ3) is 7.64. The smallest absolute Gasteiger partial charge is 0.153 e. The van der Waals surface area contributed by atoms with Crippen LogP contribution in [0.3, 0.4) is 0 Å². The van der Waals surface area contributed by atoms with Crippen LogP contribution in [0.1, 0.15) is 56.7 Å². The Balaban J connectivity index is 0.000000468. The standard InChI is InChI=1S/C24H27N5O.C6H13N/c1-14(2)10-22(26)29-24(28)18-7-9-21(25)20(13-18)23(27)17-5-4-16-12-19(30-3)8-6-15(16)11-17;1-2-7-5-3-4-6-7/h4-9,11-14,27H,10,25H2,1-3H3,(H3,26,28,29);2-6H2,1H3. The van der Waals surface area contributed by atoms with E-state index < -0.39 is 0 Å². The van der Waals surface area contributed by atoms with Crippen LogP contribution in [0.25, 0.3) is 10.8 Å². The van der Waals surface area contributed by atoms with Gasteiger partial charge in [0.25, 0.3) is 0 Å². The number of nitrogens with one attached hydrogen (secondary N) is 2. The van der Waals surface area contributed by atoms with Crippen LogP contribution >= 0.6 is 0 Å². The summed E-state index contributed by atoms with van der Waals surface area (Å²) in [5, 5.41) is 19.0. The number of methoxy groups -OCH3 is 1. The highest BCUT2D eigenvalue weighted by Gasteiger charge is 2.13. The Morgan fingerprint density at radius 3 is 2.24 bits per heavy atom. The quantitative estimate of drug-likeness (QED) is 0.189. The fourth-order valence-electron chi connectivity index (χ4n) is 4.35. The molecule has 37 heavy (non-hydrogen) atoms. The summed E-state index contributed by atoms with van der Waals surface area (Å²) in [7, 11) is 1.64. The first-order valence-electron chi connectivity index (χ1n) is 12.9. The zero-order valence-corrected chi connectivity index (χ0v) is 22.5. The Morgan fingerprint density at radius 2 is 1.62 bits per heavy atom. The molecule has 0 saturated carbocycles. The summed E-state index contributed by atoms with van der Waals surface area (Å²) in [5.74, 6) is 1.64. The number of hydrogen-bond acceptors (Lipinski definition) is 5. The fraction of sp³-hybridized carbons (Fsp3) is 0.367. The van der Waals surface area contributed by atoms with E-state index >= 15 is 0 Å². The molecule has 0 radical (unpaired) electrons. The molecule has 3 aromatic carbocycles. The van der Waals surface area contributed by atoms with Gasteiger partial charge in [0.15, 0.2) is 5.84 Å². The number of rotatable bonds is 7. The van der Waals surface area contributed by atoms with E-state index in [9.17, 15) is 0 Å². The molecule has 0 spiro atoms. The average molecular weight is 501 g/mol. The van der Waals surface area contributed by atoms with E-state index in [4.69, 9.17) is 27.0 Å². The minimum absolute atomic E-state index is 0.0628. The highest BCUT2D eigenvalue weighted by Crippen LogP contribution is 2.25.